The lowest BCUT2D eigenvalue weighted by molar-refractivity contribution is -0.138. The first-order valence-corrected chi connectivity index (χ1v) is 6.54. The highest BCUT2D eigenvalue weighted by Gasteiger charge is 2.25. The van der Waals surface area contributed by atoms with Gasteiger partial charge < -0.3 is 5.11 Å². The summed E-state index contributed by atoms with van der Waals surface area (Å²) in [4.78, 5) is 12.9. The van der Waals surface area contributed by atoms with E-state index in [1.807, 2.05) is 16.6 Å². The van der Waals surface area contributed by atoms with Crippen LogP contribution in [0.1, 0.15) is 31.2 Å². The zero-order valence-corrected chi connectivity index (χ0v) is 11.1. The number of hydrogen-bond donors (Lipinski definition) is 1. The van der Waals surface area contributed by atoms with Gasteiger partial charge in [0.1, 0.15) is 0 Å². The van der Waals surface area contributed by atoms with Crippen molar-refractivity contribution in [2.45, 2.75) is 32.7 Å². The Morgan fingerprint density at radius 1 is 1.61 bits per heavy atom. The monoisotopic (exact) mass is 251 g/mol. The van der Waals surface area contributed by atoms with Gasteiger partial charge in [0.25, 0.3) is 0 Å². The summed E-state index contributed by atoms with van der Waals surface area (Å²) in [5.41, 5.74) is 2.16. The average molecular weight is 251 g/mol. The van der Waals surface area contributed by atoms with Crippen molar-refractivity contribution in [1.29, 1.82) is 0 Å². The minimum absolute atomic E-state index is 0.114. The van der Waals surface area contributed by atoms with E-state index >= 15 is 0 Å². The number of rotatable bonds is 7. The fourth-order valence-corrected chi connectivity index (χ4v) is 2.16. The molecule has 0 aliphatic heterocycles. The number of hydrogen-bond acceptors (Lipinski definition) is 3. The summed E-state index contributed by atoms with van der Waals surface area (Å²) in [5.74, 6) is -0.0586. The van der Waals surface area contributed by atoms with Crippen LogP contribution in [0.25, 0.3) is 0 Å². The van der Waals surface area contributed by atoms with Crippen LogP contribution in [0, 0.1) is 5.92 Å². The minimum Gasteiger partial charge on any atom is -0.480 e. The Labute approximate surface area is 107 Å². The molecule has 0 amide bonds. The summed E-state index contributed by atoms with van der Waals surface area (Å²) >= 11 is 0. The first kappa shape index (κ1) is 13.1. The Morgan fingerprint density at radius 3 is 2.83 bits per heavy atom. The van der Waals surface area contributed by atoms with Crippen LogP contribution in [0.2, 0.25) is 0 Å². The van der Waals surface area contributed by atoms with Gasteiger partial charge in [-0.05, 0) is 31.2 Å². The molecule has 1 saturated carbocycles. The van der Waals surface area contributed by atoms with Gasteiger partial charge in [-0.2, -0.15) is 5.10 Å². The SMILES string of the molecule is CCc1cc(CN(CC(=O)O)CC2CC2)n(C)n1. The van der Waals surface area contributed by atoms with E-state index < -0.39 is 5.97 Å². The molecular weight excluding hydrogens is 230 g/mol. The fourth-order valence-electron chi connectivity index (χ4n) is 2.16. The van der Waals surface area contributed by atoms with Crippen molar-refractivity contribution in [2.75, 3.05) is 13.1 Å². The highest BCUT2D eigenvalue weighted by atomic mass is 16.4. The van der Waals surface area contributed by atoms with E-state index in [0.717, 1.165) is 24.4 Å². The largest absolute Gasteiger partial charge is 0.480 e. The number of carboxylic acids is 1. The van der Waals surface area contributed by atoms with Crippen LogP contribution in [0.15, 0.2) is 6.07 Å². The molecule has 1 N–H and O–H groups in total. The van der Waals surface area contributed by atoms with Crippen LogP contribution in [-0.4, -0.2) is 38.8 Å². The zero-order chi connectivity index (χ0) is 13.1. The number of aliphatic carboxylic acids is 1. The molecule has 0 saturated heterocycles. The molecule has 0 spiro atoms. The molecule has 18 heavy (non-hydrogen) atoms. The molecule has 0 unspecified atom stereocenters. The van der Waals surface area contributed by atoms with Crippen molar-refractivity contribution in [3.05, 3.63) is 17.5 Å². The normalized spacial score (nSPS) is 15.3. The fraction of sp³-hybridized carbons (Fsp3) is 0.692. The molecule has 0 bridgehead atoms. The van der Waals surface area contributed by atoms with E-state index in [4.69, 9.17) is 5.11 Å². The molecule has 100 valence electrons. The van der Waals surface area contributed by atoms with E-state index in [9.17, 15) is 4.79 Å². The van der Waals surface area contributed by atoms with Gasteiger partial charge in [0.15, 0.2) is 0 Å². The van der Waals surface area contributed by atoms with Gasteiger partial charge in [0, 0.05) is 20.1 Å². The molecule has 0 radical (unpaired) electrons. The van der Waals surface area contributed by atoms with E-state index in [2.05, 4.69) is 18.1 Å². The maximum absolute atomic E-state index is 10.9. The Hall–Kier alpha value is -1.36. The lowest BCUT2D eigenvalue weighted by Crippen LogP contribution is -2.31. The molecule has 1 aromatic heterocycles. The lowest BCUT2D eigenvalue weighted by Gasteiger charge is -2.19. The molecule has 1 heterocycles. The number of aromatic nitrogens is 2. The number of carbonyl (C=O) groups is 1. The smallest absolute Gasteiger partial charge is 0.317 e. The third-order valence-electron chi connectivity index (χ3n) is 3.35. The second-order valence-corrected chi connectivity index (χ2v) is 5.11. The van der Waals surface area contributed by atoms with Crippen molar-refractivity contribution in [3.63, 3.8) is 0 Å². The maximum Gasteiger partial charge on any atom is 0.317 e. The molecule has 5 nitrogen and oxygen atoms in total. The summed E-state index contributed by atoms with van der Waals surface area (Å²) in [6.07, 6.45) is 3.39. The highest BCUT2D eigenvalue weighted by molar-refractivity contribution is 5.69. The lowest BCUT2D eigenvalue weighted by atomic mass is 10.2. The number of aryl methyl sites for hydroxylation is 2. The molecule has 1 aromatic rings. The molecule has 0 aromatic carbocycles. The quantitative estimate of drug-likeness (QED) is 0.793. The van der Waals surface area contributed by atoms with Crippen molar-refractivity contribution < 1.29 is 9.90 Å². The van der Waals surface area contributed by atoms with Crippen LogP contribution in [0.4, 0.5) is 0 Å². The number of nitrogens with zero attached hydrogens (tertiary/aromatic N) is 3. The summed E-state index contributed by atoms with van der Waals surface area (Å²) in [5, 5.41) is 13.4. The van der Waals surface area contributed by atoms with E-state index in [1.165, 1.54) is 12.8 Å². The van der Waals surface area contributed by atoms with E-state index in [0.29, 0.717) is 12.5 Å². The maximum atomic E-state index is 10.9. The van der Waals surface area contributed by atoms with Gasteiger partial charge in [0.2, 0.25) is 0 Å². The van der Waals surface area contributed by atoms with Gasteiger partial charge >= 0.3 is 5.97 Å². The second kappa shape index (κ2) is 5.52. The van der Waals surface area contributed by atoms with Gasteiger partial charge in [-0.15, -0.1) is 0 Å². The van der Waals surface area contributed by atoms with Gasteiger partial charge in [0.05, 0.1) is 17.9 Å². The second-order valence-electron chi connectivity index (χ2n) is 5.11. The Bertz CT molecular complexity index is 424. The Kier molecular flexibility index (Phi) is 4.01. The first-order valence-electron chi connectivity index (χ1n) is 6.54. The van der Waals surface area contributed by atoms with E-state index in [1.54, 1.807) is 0 Å². The van der Waals surface area contributed by atoms with Crippen LogP contribution >= 0.6 is 0 Å². The minimum atomic E-state index is -0.756. The molecule has 1 fully saturated rings. The van der Waals surface area contributed by atoms with Crippen molar-refractivity contribution in [2.24, 2.45) is 13.0 Å². The summed E-state index contributed by atoms with van der Waals surface area (Å²) in [7, 11) is 1.92. The van der Waals surface area contributed by atoms with Crippen molar-refractivity contribution in [3.8, 4) is 0 Å². The average Bonchev–Trinajstić information content (AvgIpc) is 3.03. The molecule has 1 aliphatic carbocycles. The summed E-state index contributed by atoms with van der Waals surface area (Å²) in [6, 6.07) is 2.07. The van der Waals surface area contributed by atoms with E-state index in [-0.39, 0.29) is 6.54 Å². The van der Waals surface area contributed by atoms with Gasteiger partial charge in [-0.3, -0.25) is 14.4 Å². The van der Waals surface area contributed by atoms with Crippen LogP contribution in [0.3, 0.4) is 0 Å². The summed E-state index contributed by atoms with van der Waals surface area (Å²) < 4.78 is 1.86. The van der Waals surface area contributed by atoms with Crippen LogP contribution in [0.5, 0.6) is 0 Å². The topological polar surface area (TPSA) is 58.4 Å². The highest BCUT2D eigenvalue weighted by Crippen LogP contribution is 2.30. The van der Waals surface area contributed by atoms with Gasteiger partial charge in [-0.1, -0.05) is 6.92 Å². The van der Waals surface area contributed by atoms with Crippen LogP contribution in [-0.2, 0) is 24.8 Å². The third kappa shape index (κ3) is 3.57. The Balaban J connectivity index is 2.01. The van der Waals surface area contributed by atoms with Gasteiger partial charge in [-0.25, -0.2) is 0 Å². The van der Waals surface area contributed by atoms with Crippen molar-refractivity contribution in [1.82, 2.24) is 14.7 Å². The molecule has 2 rings (SSSR count). The molecule has 5 heteroatoms. The number of carboxylic acid groups (broad SMARTS) is 1. The standard InChI is InChI=1S/C13H21N3O2/c1-3-11-6-12(15(2)14-11)8-16(9-13(17)18)7-10-4-5-10/h6,10H,3-5,7-9H2,1-2H3,(H,17,18). The zero-order valence-electron chi connectivity index (χ0n) is 11.1. The first-order chi connectivity index (χ1) is 8.58. The molecular formula is C13H21N3O2. The Morgan fingerprint density at radius 2 is 2.33 bits per heavy atom. The molecule has 1 aliphatic rings. The summed E-state index contributed by atoms with van der Waals surface area (Å²) in [6.45, 7) is 3.75. The van der Waals surface area contributed by atoms with Crippen LogP contribution < -0.4 is 0 Å². The predicted octanol–water partition coefficient (Wildman–Crippen LogP) is 1.28. The predicted molar refractivity (Wildman–Crippen MR) is 68.2 cm³/mol. The third-order valence-corrected chi connectivity index (χ3v) is 3.35. The molecule has 0 atom stereocenters. The van der Waals surface area contributed by atoms with Crippen molar-refractivity contribution >= 4 is 5.97 Å².